The highest BCUT2D eigenvalue weighted by Gasteiger charge is 2.42. The third-order valence-electron chi connectivity index (χ3n) is 5.71. The average Bonchev–Trinajstić information content (AvgIpc) is 3.22. The summed E-state index contributed by atoms with van der Waals surface area (Å²) in [6, 6.07) is 4.37. The number of fused-ring (bicyclic) bond motifs is 3. The lowest BCUT2D eigenvalue weighted by molar-refractivity contribution is 0.150. The van der Waals surface area contributed by atoms with E-state index >= 15 is 0 Å². The van der Waals surface area contributed by atoms with Crippen molar-refractivity contribution in [2.75, 3.05) is 5.32 Å². The van der Waals surface area contributed by atoms with Gasteiger partial charge in [0.1, 0.15) is 5.82 Å². The molecular formula is C20H22N6O2. The second-order valence-electron chi connectivity index (χ2n) is 7.68. The molecule has 0 aliphatic carbocycles. The molecule has 0 saturated carbocycles. The smallest absolute Gasteiger partial charge is 0.323 e. The Balaban J connectivity index is 1.39. The van der Waals surface area contributed by atoms with Crippen LogP contribution in [-0.2, 0) is 0 Å². The molecule has 144 valence electrons. The molecule has 0 spiro atoms. The number of pyridine rings is 2. The van der Waals surface area contributed by atoms with Gasteiger partial charge in [-0.3, -0.25) is 10.3 Å². The number of oxazole rings is 1. The van der Waals surface area contributed by atoms with Crippen molar-refractivity contribution in [2.45, 2.75) is 50.7 Å². The molecule has 2 saturated heterocycles. The first kappa shape index (κ1) is 17.1. The average molecular weight is 378 g/mol. The standard InChI is InChI=1S/C20H22N6O2/c1-11-22-10-18(28-11)13-4-12-5-19(24-9-17(12)23-8-13)25-20(27)26-15-2-3-16(26)7-14(21)6-15/h4-5,8-10,14-16H,2-3,6-7,21H2,1H3,(H,24,25,27)/t14-,15+,16-. The van der Waals surface area contributed by atoms with Gasteiger partial charge in [-0.15, -0.1) is 0 Å². The molecule has 5 rings (SSSR count). The molecule has 3 aromatic heterocycles. The number of nitrogens with zero attached hydrogens (tertiary/aromatic N) is 4. The third-order valence-corrected chi connectivity index (χ3v) is 5.71. The Kier molecular flexibility index (Phi) is 4.01. The Bertz CT molecular complexity index is 1030. The van der Waals surface area contributed by atoms with Crippen molar-refractivity contribution in [3.63, 3.8) is 0 Å². The van der Waals surface area contributed by atoms with Gasteiger partial charge in [-0.05, 0) is 37.8 Å². The van der Waals surface area contributed by atoms with E-state index in [2.05, 4.69) is 20.3 Å². The highest BCUT2D eigenvalue weighted by molar-refractivity contribution is 5.92. The number of anilines is 1. The molecule has 3 N–H and O–H groups in total. The summed E-state index contributed by atoms with van der Waals surface area (Å²) in [6.07, 6.45) is 8.89. The number of hydrogen-bond acceptors (Lipinski definition) is 6. The van der Waals surface area contributed by atoms with E-state index < -0.39 is 0 Å². The van der Waals surface area contributed by atoms with Crippen molar-refractivity contribution in [1.29, 1.82) is 0 Å². The van der Waals surface area contributed by atoms with Gasteiger partial charge in [0.15, 0.2) is 11.7 Å². The first-order valence-corrected chi connectivity index (χ1v) is 9.60. The van der Waals surface area contributed by atoms with Crippen LogP contribution in [0.15, 0.2) is 35.1 Å². The van der Waals surface area contributed by atoms with Gasteiger partial charge in [0.2, 0.25) is 0 Å². The minimum absolute atomic E-state index is 0.0961. The summed E-state index contributed by atoms with van der Waals surface area (Å²) in [5.74, 6) is 1.78. The fourth-order valence-electron chi connectivity index (χ4n) is 4.45. The quantitative estimate of drug-likeness (QED) is 0.709. The summed E-state index contributed by atoms with van der Waals surface area (Å²) >= 11 is 0. The van der Waals surface area contributed by atoms with Crippen molar-refractivity contribution in [1.82, 2.24) is 19.9 Å². The molecule has 2 aliphatic rings. The summed E-state index contributed by atoms with van der Waals surface area (Å²) in [5.41, 5.74) is 7.69. The highest BCUT2D eigenvalue weighted by atomic mass is 16.4. The number of urea groups is 1. The summed E-state index contributed by atoms with van der Waals surface area (Å²) in [5, 5.41) is 3.83. The first-order valence-electron chi connectivity index (χ1n) is 9.60. The number of piperidine rings is 1. The maximum atomic E-state index is 12.9. The lowest BCUT2D eigenvalue weighted by Gasteiger charge is -2.37. The number of aryl methyl sites for hydroxylation is 1. The first-order chi connectivity index (χ1) is 13.6. The predicted octanol–water partition coefficient (Wildman–Crippen LogP) is 3.08. The molecule has 2 bridgehead atoms. The Morgan fingerprint density at radius 3 is 2.64 bits per heavy atom. The van der Waals surface area contributed by atoms with Crippen molar-refractivity contribution < 1.29 is 9.21 Å². The molecule has 2 fully saturated rings. The molecule has 2 aliphatic heterocycles. The number of nitrogens with one attached hydrogen (secondary N) is 1. The lowest BCUT2D eigenvalue weighted by atomic mass is 9.99. The van der Waals surface area contributed by atoms with Crippen LogP contribution >= 0.6 is 0 Å². The maximum Gasteiger partial charge on any atom is 0.323 e. The number of hydrogen-bond donors (Lipinski definition) is 2. The second-order valence-corrected chi connectivity index (χ2v) is 7.68. The summed E-state index contributed by atoms with van der Waals surface area (Å²) in [6.45, 7) is 1.80. The molecule has 0 aromatic carbocycles. The van der Waals surface area contributed by atoms with Crippen molar-refractivity contribution >= 4 is 22.8 Å². The van der Waals surface area contributed by atoms with Crippen molar-refractivity contribution in [2.24, 2.45) is 5.73 Å². The van der Waals surface area contributed by atoms with E-state index in [4.69, 9.17) is 10.2 Å². The van der Waals surface area contributed by atoms with Gasteiger partial charge in [-0.1, -0.05) is 0 Å². The van der Waals surface area contributed by atoms with Gasteiger partial charge in [0.05, 0.1) is 17.9 Å². The fourth-order valence-corrected chi connectivity index (χ4v) is 4.45. The Hall–Kier alpha value is -3.00. The van der Waals surface area contributed by atoms with E-state index in [0.29, 0.717) is 17.5 Å². The topological polar surface area (TPSA) is 110 Å². The van der Waals surface area contributed by atoms with Crippen LogP contribution in [0.5, 0.6) is 0 Å². The van der Waals surface area contributed by atoms with Crippen LogP contribution in [0, 0.1) is 6.92 Å². The van der Waals surface area contributed by atoms with Crippen LogP contribution in [0.25, 0.3) is 22.2 Å². The zero-order chi connectivity index (χ0) is 19.3. The zero-order valence-electron chi connectivity index (χ0n) is 15.6. The Morgan fingerprint density at radius 2 is 1.93 bits per heavy atom. The van der Waals surface area contributed by atoms with Gasteiger partial charge in [0.25, 0.3) is 0 Å². The van der Waals surface area contributed by atoms with Crippen molar-refractivity contribution in [3.05, 3.63) is 36.6 Å². The molecule has 8 heteroatoms. The summed E-state index contributed by atoms with van der Waals surface area (Å²) < 4.78 is 5.58. The SMILES string of the molecule is Cc1ncc(-c2cnc3cnc(NC(=O)N4[C@@H]5CC[C@H]4C[C@@H](N)C5)cc3c2)o1. The van der Waals surface area contributed by atoms with Crippen LogP contribution in [0.1, 0.15) is 31.6 Å². The van der Waals surface area contributed by atoms with Gasteiger partial charge >= 0.3 is 6.03 Å². The van der Waals surface area contributed by atoms with Crippen LogP contribution in [-0.4, -0.2) is 44.0 Å². The molecule has 0 unspecified atom stereocenters. The Morgan fingerprint density at radius 1 is 1.14 bits per heavy atom. The molecule has 5 heterocycles. The van der Waals surface area contributed by atoms with E-state index in [1.54, 1.807) is 25.5 Å². The largest absolute Gasteiger partial charge is 0.441 e. The minimum atomic E-state index is -0.0961. The third kappa shape index (κ3) is 2.99. The van der Waals surface area contributed by atoms with E-state index in [1.807, 2.05) is 17.0 Å². The molecule has 3 atom stereocenters. The zero-order valence-corrected chi connectivity index (χ0v) is 15.6. The molecule has 8 nitrogen and oxygen atoms in total. The lowest BCUT2D eigenvalue weighted by Crippen LogP contribution is -2.51. The van der Waals surface area contributed by atoms with Gasteiger partial charge < -0.3 is 15.1 Å². The van der Waals surface area contributed by atoms with Crippen LogP contribution in [0.3, 0.4) is 0 Å². The second kappa shape index (κ2) is 6.56. The van der Waals surface area contributed by atoms with Gasteiger partial charge in [0, 0.05) is 42.2 Å². The highest BCUT2D eigenvalue weighted by Crippen LogP contribution is 2.35. The number of amides is 2. The van der Waals surface area contributed by atoms with Crippen LogP contribution in [0.4, 0.5) is 10.6 Å². The monoisotopic (exact) mass is 378 g/mol. The van der Waals surface area contributed by atoms with Crippen LogP contribution < -0.4 is 11.1 Å². The summed E-state index contributed by atoms with van der Waals surface area (Å²) in [4.78, 5) is 27.7. The minimum Gasteiger partial charge on any atom is -0.441 e. The van der Waals surface area contributed by atoms with E-state index in [9.17, 15) is 4.79 Å². The van der Waals surface area contributed by atoms with Crippen molar-refractivity contribution in [3.8, 4) is 11.3 Å². The maximum absolute atomic E-state index is 12.9. The fraction of sp³-hybridized carbons (Fsp3) is 0.400. The van der Waals surface area contributed by atoms with Gasteiger partial charge in [-0.25, -0.2) is 14.8 Å². The molecule has 28 heavy (non-hydrogen) atoms. The van der Waals surface area contributed by atoms with E-state index in [0.717, 1.165) is 42.1 Å². The van der Waals surface area contributed by atoms with E-state index in [-0.39, 0.29) is 24.2 Å². The van der Waals surface area contributed by atoms with Crippen LogP contribution in [0.2, 0.25) is 0 Å². The van der Waals surface area contributed by atoms with E-state index in [1.165, 1.54) is 0 Å². The predicted molar refractivity (Wildman–Crippen MR) is 105 cm³/mol. The number of rotatable bonds is 2. The number of carbonyl (C=O) groups is 1. The molecule has 0 radical (unpaired) electrons. The normalized spacial score (nSPS) is 23.9. The number of carbonyl (C=O) groups excluding carboxylic acids is 1. The summed E-state index contributed by atoms with van der Waals surface area (Å²) in [7, 11) is 0. The number of nitrogens with two attached hydrogens (primary N) is 1. The van der Waals surface area contributed by atoms with Gasteiger partial charge in [-0.2, -0.15) is 0 Å². The molecular weight excluding hydrogens is 356 g/mol. The molecule has 3 aromatic rings. The number of aromatic nitrogens is 3. The Labute approximate surface area is 162 Å². The molecule has 2 amide bonds.